The van der Waals surface area contributed by atoms with Gasteiger partial charge in [-0.15, -0.1) is 16.9 Å². The molecule has 0 aliphatic heterocycles. The zero-order valence-corrected chi connectivity index (χ0v) is 14.6. The SMILES string of the molecule is C[C@@H](Sc1cnns1)[C@](O)(Cn1cncn1)c1ccc(Cl)cc1. The molecule has 9 heteroatoms. The Hall–Kier alpha value is -1.48. The Kier molecular flexibility index (Phi) is 4.96. The third kappa shape index (κ3) is 3.72. The minimum absolute atomic E-state index is 0.157. The van der Waals surface area contributed by atoms with Crippen molar-refractivity contribution in [2.75, 3.05) is 0 Å². The van der Waals surface area contributed by atoms with Crippen molar-refractivity contribution in [3.8, 4) is 0 Å². The number of nitrogens with zero attached hydrogens (tertiary/aromatic N) is 5. The summed E-state index contributed by atoms with van der Waals surface area (Å²) in [6.07, 6.45) is 4.74. The quantitative estimate of drug-likeness (QED) is 0.675. The monoisotopic (exact) mass is 367 g/mol. The lowest BCUT2D eigenvalue weighted by molar-refractivity contribution is 0.0168. The van der Waals surface area contributed by atoms with Crippen LogP contribution in [0.15, 0.2) is 47.3 Å². The highest BCUT2D eigenvalue weighted by Crippen LogP contribution is 2.39. The van der Waals surface area contributed by atoms with Gasteiger partial charge in [0.15, 0.2) is 0 Å². The first-order valence-electron chi connectivity index (χ1n) is 6.83. The molecule has 0 aliphatic rings. The minimum Gasteiger partial charge on any atom is -0.382 e. The molecule has 1 N–H and O–H groups in total. The number of halogens is 1. The number of benzene rings is 1. The number of rotatable bonds is 6. The van der Waals surface area contributed by atoms with Gasteiger partial charge in [-0.05, 0) is 36.2 Å². The summed E-state index contributed by atoms with van der Waals surface area (Å²) in [5.41, 5.74) is -0.373. The van der Waals surface area contributed by atoms with Crippen LogP contribution in [0.2, 0.25) is 5.02 Å². The Balaban J connectivity index is 1.92. The summed E-state index contributed by atoms with van der Waals surface area (Å²) >= 11 is 8.80. The molecule has 2 heterocycles. The summed E-state index contributed by atoms with van der Waals surface area (Å²) in [5.74, 6) is 0. The van der Waals surface area contributed by atoms with E-state index >= 15 is 0 Å². The molecule has 0 saturated heterocycles. The van der Waals surface area contributed by atoms with E-state index < -0.39 is 5.60 Å². The standard InChI is InChI=1S/C14H14ClN5OS2/c1-10(22-13-6-17-19-23-13)14(21,7-20-9-16-8-18-20)11-2-4-12(15)5-3-11/h2-6,8-10,21H,7H2,1H3/t10-,14-/m1/s1. The van der Waals surface area contributed by atoms with Gasteiger partial charge in [0, 0.05) is 10.3 Å². The van der Waals surface area contributed by atoms with E-state index in [1.165, 1.54) is 29.6 Å². The summed E-state index contributed by atoms with van der Waals surface area (Å²) in [5, 5.41) is 19.8. The van der Waals surface area contributed by atoms with Crippen LogP contribution in [0.25, 0.3) is 0 Å². The van der Waals surface area contributed by atoms with Crippen molar-refractivity contribution in [3.63, 3.8) is 0 Å². The Bertz CT molecular complexity index is 735. The first-order chi connectivity index (χ1) is 11.1. The van der Waals surface area contributed by atoms with Gasteiger partial charge in [0.1, 0.15) is 22.5 Å². The molecule has 2 atom stereocenters. The second-order valence-electron chi connectivity index (χ2n) is 5.02. The lowest BCUT2D eigenvalue weighted by Crippen LogP contribution is -2.40. The third-order valence-electron chi connectivity index (χ3n) is 3.52. The summed E-state index contributed by atoms with van der Waals surface area (Å²) in [6, 6.07) is 7.21. The fourth-order valence-corrected chi connectivity index (χ4v) is 4.20. The summed E-state index contributed by atoms with van der Waals surface area (Å²) in [4.78, 5) is 3.94. The van der Waals surface area contributed by atoms with Gasteiger partial charge in [-0.2, -0.15) is 5.10 Å². The van der Waals surface area contributed by atoms with Crippen molar-refractivity contribution in [2.45, 2.75) is 28.5 Å². The van der Waals surface area contributed by atoms with Crippen LogP contribution in [0, 0.1) is 0 Å². The predicted molar refractivity (Wildman–Crippen MR) is 90.6 cm³/mol. The average Bonchev–Trinajstić information content (AvgIpc) is 3.21. The van der Waals surface area contributed by atoms with E-state index in [-0.39, 0.29) is 11.8 Å². The van der Waals surface area contributed by atoms with Crippen LogP contribution >= 0.6 is 34.9 Å². The van der Waals surface area contributed by atoms with Gasteiger partial charge in [-0.3, -0.25) is 0 Å². The molecule has 1 aromatic carbocycles. The van der Waals surface area contributed by atoms with Crippen LogP contribution in [0.3, 0.4) is 0 Å². The van der Waals surface area contributed by atoms with Crippen molar-refractivity contribution < 1.29 is 5.11 Å². The van der Waals surface area contributed by atoms with Crippen molar-refractivity contribution >= 4 is 34.9 Å². The fourth-order valence-electron chi connectivity index (χ4n) is 2.24. The average molecular weight is 368 g/mol. The van der Waals surface area contributed by atoms with E-state index in [2.05, 4.69) is 19.7 Å². The Morgan fingerprint density at radius 1 is 1.39 bits per heavy atom. The first-order valence-corrected chi connectivity index (χ1v) is 8.86. The highest BCUT2D eigenvalue weighted by Gasteiger charge is 2.37. The van der Waals surface area contributed by atoms with Crippen LogP contribution in [0.1, 0.15) is 12.5 Å². The maximum atomic E-state index is 11.4. The van der Waals surface area contributed by atoms with E-state index in [0.29, 0.717) is 5.02 Å². The summed E-state index contributed by atoms with van der Waals surface area (Å²) < 4.78 is 6.43. The van der Waals surface area contributed by atoms with E-state index in [1.807, 2.05) is 19.1 Å². The molecular weight excluding hydrogens is 354 g/mol. The Labute approximate surface area is 146 Å². The molecule has 23 heavy (non-hydrogen) atoms. The second kappa shape index (κ2) is 6.96. The van der Waals surface area contributed by atoms with Crippen molar-refractivity contribution in [1.29, 1.82) is 0 Å². The van der Waals surface area contributed by atoms with Gasteiger partial charge in [0.2, 0.25) is 0 Å². The number of hydrogen-bond acceptors (Lipinski definition) is 7. The fraction of sp³-hybridized carbons (Fsp3) is 0.286. The summed E-state index contributed by atoms with van der Waals surface area (Å²) in [7, 11) is 0. The molecule has 0 bridgehead atoms. The molecule has 120 valence electrons. The first kappa shape index (κ1) is 16.4. The lowest BCUT2D eigenvalue weighted by Gasteiger charge is -2.33. The number of thioether (sulfide) groups is 1. The predicted octanol–water partition coefficient (Wildman–Crippen LogP) is 2.85. The van der Waals surface area contributed by atoms with Gasteiger partial charge in [0.05, 0.1) is 12.7 Å². The van der Waals surface area contributed by atoms with E-state index in [4.69, 9.17) is 11.6 Å². The van der Waals surface area contributed by atoms with Gasteiger partial charge < -0.3 is 5.11 Å². The molecule has 0 spiro atoms. The van der Waals surface area contributed by atoms with Gasteiger partial charge in [0.25, 0.3) is 0 Å². The minimum atomic E-state index is -1.15. The maximum absolute atomic E-state index is 11.4. The van der Waals surface area contributed by atoms with Crippen LogP contribution < -0.4 is 0 Å². The number of hydrogen-bond donors (Lipinski definition) is 1. The topological polar surface area (TPSA) is 76.7 Å². The van der Waals surface area contributed by atoms with Crippen molar-refractivity contribution in [3.05, 3.63) is 53.7 Å². The number of aliphatic hydroxyl groups is 1. The highest BCUT2D eigenvalue weighted by atomic mass is 35.5. The lowest BCUT2D eigenvalue weighted by atomic mass is 9.90. The van der Waals surface area contributed by atoms with E-state index in [1.54, 1.807) is 29.3 Å². The molecule has 3 aromatic rings. The van der Waals surface area contributed by atoms with Crippen molar-refractivity contribution in [1.82, 2.24) is 24.4 Å². The van der Waals surface area contributed by atoms with Crippen LogP contribution in [0.5, 0.6) is 0 Å². The van der Waals surface area contributed by atoms with Gasteiger partial charge in [-0.25, -0.2) is 9.67 Å². The van der Waals surface area contributed by atoms with Crippen molar-refractivity contribution in [2.24, 2.45) is 0 Å². The van der Waals surface area contributed by atoms with E-state index in [0.717, 1.165) is 9.77 Å². The molecule has 0 fully saturated rings. The van der Waals surface area contributed by atoms with Crippen LogP contribution in [-0.4, -0.2) is 34.7 Å². The smallest absolute Gasteiger partial charge is 0.137 e. The maximum Gasteiger partial charge on any atom is 0.137 e. The highest BCUT2D eigenvalue weighted by molar-refractivity contribution is 8.01. The number of aromatic nitrogens is 5. The third-order valence-corrected chi connectivity index (χ3v) is 5.83. The zero-order chi connectivity index (χ0) is 16.3. The largest absolute Gasteiger partial charge is 0.382 e. The molecule has 0 saturated carbocycles. The molecule has 0 radical (unpaired) electrons. The molecule has 0 amide bonds. The second-order valence-corrected chi connectivity index (χ2v) is 7.88. The molecular formula is C14H14ClN5OS2. The molecule has 2 aromatic heterocycles. The van der Waals surface area contributed by atoms with Crippen LogP contribution in [-0.2, 0) is 12.1 Å². The Morgan fingerprint density at radius 3 is 2.78 bits per heavy atom. The van der Waals surface area contributed by atoms with Crippen LogP contribution in [0.4, 0.5) is 0 Å². The molecule has 3 rings (SSSR count). The van der Waals surface area contributed by atoms with Gasteiger partial charge >= 0.3 is 0 Å². The zero-order valence-electron chi connectivity index (χ0n) is 12.2. The Morgan fingerprint density at radius 2 is 2.17 bits per heavy atom. The van der Waals surface area contributed by atoms with Gasteiger partial charge in [-0.1, -0.05) is 28.2 Å². The summed E-state index contributed by atoms with van der Waals surface area (Å²) in [6.45, 7) is 2.25. The van der Waals surface area contributed by atoms with E-state index in [9.17, 15) is 5.11 Å². The molecule has 6 nitrogen and oxygen atoms in total. The molecule has 0 unspecified atom stereocenters. The normalized spacial score (nSPS) is 15.3. The molecule has 0 aliphatic carbocycles.